The summed E-state index contributed by atoms with van der Waals surface area (Å²) in [5, 5.41) is 3.69. The molecule has 98 valence electrons. The highest BCUT2D eigenvalue weighted by atomic mass is 79.9. The molecule has 0 aliphatic heterocycles. The highest BCUT2D eigenvalue weighted by Gasteiger charge is 2.04. The number of benzene rings is 1. The topological polar surface area (TPSA) is 42.0 Å². The molecule has 0 spiro atoms. The molecule has 0 unspecified atom stereocenters. The van der Waals surface area contributed by atoms with Gasteiger partial charge in [-0.1, -0.05) is 34.1 Å². The molecule has 3 nitrogen and oxygen atoms in total. The molecule has 0 bridgehead atoms. The Labute approximate surface area is 121 Å². The van der Waals surface area contributed by atoms with Crippen LogP contribution in [0.1, 0.15) is 21.6 Å². The van der Waals surface area contributed by atoms with Crippen molar-refractivity contribution in [1.29, 1.82) is 0 Å². The van der Waals surface area contributed by atoms with E-state index in [1.165, 1.54) is 0 Å². The van der Waals surface area contributed by atoms with Crippen molar-refractivity contribution < 1.29 is 4.79 Å². The van der Waals surface area contributed by atoms with E-state index < -0.39 is 0 Å². The summed E-state index contributed by atoms with van der Waals surface area (Å²) in [6, 6.07) is 13.4. The molecule has 0 fully saturated rings. The van der Waals surface area contributed by atoms with Crippen LogP contribution in [-0.2, 0) is 11.8 Å². The Hall–Kier alpha value is -1.68. The van der Waals surface area contributed by atoms with Crippen LogP contribution in [-0.4, -0.2) is 17.4 Å². The average molecular weight is 319 g/mol. The number of alkyl halides is 1. The zero-order valence-corrected chi connectivity index (χ0v) is 12.1. The minimum atomic E-state index is -0.0444. The Morgan fingerprint density at radius 3 is 2.58 bits per heavy atom. The van der Waals surface area contributed by atoms with Gasteiger partial charge in [0.1, 0.15) is 0 Å². The van der Waals surface area contributed by atoms with Crippen LogP contribution < -0.4 is 5.32 Å². The monoisotopic (exact) mass is 318 g/mol. The first-order valence-corrected chi connectivity index (χ1v) is 7.25. The van der Waals surface area contributed by atoms with Gasteiger partial charge < -0.3 is 5.32 Å². The number of nitrogens with zero attached hydrogens (tertiary/aromatic N) is 1. The van der Waals surface area contributed by atoms with Crippen LogP contribution >= 0.6 is 15.9 Å². The minimum Gasteiger partial charge on any atom is -0.352 e. The maximum absolute atomic E-state index is 11.9. The molecule has 2 aromatic rings. The second-order valence-electron chi connectivity index (χ2n) is 4.16. The van der Waals surface area contributed by atoms with Gasteiger partial charge in [0.05, 0.1) is 0 Å². The van der Waals surface area contributed by atoms with Crippen LogP contribution in [0.2, 0.25) is 0 Å². The lowest BCUT2D eigenvalue weighted by Crippen LogP contribution is -2.25. The summed E-state index contributed by atoms with van der Waals surface area (Å²) >= 11 is 3.38. The van der Waals surface area contributed by atoms with E-state index in [-0.39, 0.29) is 5.91 Å². The molecule has 0 aliphatic rings. The Morgan fingerprint density at radius 2 is 1.95 bits per heavy atom. The Balaban J connectivity index is 1.84. The first kappa shape index (κ1) is 13.7. The molecular weight excluding hydrogens is 304 g/mol. The Bertz CT molecular complexity index is 526. The summed E-state index contributed by atoms with van der Waals surface area (Å²) in [7, 11) is 0. The van der Waals surface area contributed by atoms with Crippen LogP contribution in [0.25, 0.3) is 0 Å². The number of pyridine rings is 1. The van der Waals surface area contributed by atoms with Crippen molar-refractivity contribution in [2.75, 3.05) is 6.54 Å². The van der Waals surface area contributed by atoms with Crippen LogP contribution in [0.15, 0.2) is 48.7 Å². The van der Waals surface area contributed by atoms with Gasteiger partial charge in [0.2, 0.25) is 0 Å². The predicted molar refractivity (Wildman–Crippen MR) is 79.3 cm³/mol. The number of halogens is 1. The van der Waals surface area contributed by atoms with Crippen LogP contribution in [0, 0.1) is 0 Å². The van der Waals surface area contributed by atoms with Crippen molar-refractivity contribution in [2.24, 2.45) is 0 Å². The van der Waals surface area contributed by atoms with Crippen LogP contribution in [0.4, 0.5) is 0 Å². The third-order valence-electron chi connectivity index (χ3n) is 2.76. The molecule has 0 atom stereocenters. The third kappa shape index (κ3) is 4.17. The summed E-state index contributed by atoms with van der Waals surface area (Å²) in [5.41, 5.74) is 2.83. The van der Waals surface area contributed by atoms with Gasteiger partial charge in [-0.2, -0.15) is 0 Å². The van der Waals surface area contributed by atoms with Gasteiger partial charge in [0.15, 0.2) is 0 Å². The highest BCUT2D eigenvalue weighted by molar-refractivity contribution is 9.08. The lowest BCUT2D eigenvalue weighted by atomic mass is 10.1. The fraction of sp³-hybridized carbons (Fsp3) is 0.200. The lowest BCUT2D eigenvalue weighted by Gasteiger charge is -2.05. The van der Waals surface area contributed by atoms with Crippen molar-refractivity contribution >= 4 is 21.8 Å². The number of hydrogen-bond donors (Lipinski definition) is 1. The molecule has 0 radical (unpaired) electrons. The second kappa shape index (κ2) is 7.04. The zero-order valence-electron chi connectivity index (χ0n) is 10.5. The van der Waals surface area contributed by atoms with Gasteiger partial charge in [-0.3, -0.25) is 9.78 Å². The van der Waals surface area contributed by atoms with Gasteiger partial charge in [-0.15, -0.1) is 0 Å². The molecule has 0 aliphatic carbocycles. The first-order valence-electron chi connectivity index (χ1n) is 6.12. The molecule has 0 saturated carbocycles. The zero-order chi connectivity index (χ0) is 13.5. The van der Waals surface area contributed by atoms with Crippen LogP contribution in [0.5, 0.6) is 0 Å². The summed E-state index contributed by atoms with van der Waals surface area (Å²) in [6.45, 7) is 0.593. The number of amides is 1. The maximum atomic E-state index is 11.9. The van der Waals surface area contributed by atoms with E-state index in [0.717, 1.165) is 23.0 Å². The van der Waals surface area contributed by atoms with Crippen molar-refractivity contribution in [2.45, 2.75) is 11.8 Å². The molecule has 1 aromatic heterocycles. The summed E-state index contributed by atoms with van der Waals surface area (Å²) in [6.07, 6.45) is 2.50. The van der Waals surface area contributed by atoms with Crippen LogP contribution in [0.3, 0.4) is 0 Å². The fourth-order valence-electron chi connectivity index (χ4n) is 1.70. The molecule has 2 rings (SSSR count). The standard InChI is InChI=1S/C15H15BrN2O/c16-11-12-4-6-13(7-5-12)15(19)18-10-8-14-3-1-2-9-17-14/h1-7,9H,8,10-11H2,(H,18,19). The van der Waals surface area contributed by atoms with Crippen molar-refractivity contribution in [1.82, 2.24) is 10.3 Å². The smallest absolute Gasteiger partial charge is 0.251 e. The molecule has 4 heteroatoms. The number of carbonyl (C=O) groups excluding carboxylic acids is 1. The van der Waals surface area contributed by atoms with E-state index >= 15 is 0 Å². The number of rotatable bonds is 5. The molecule has 1 aromatic carbocycles. The lowest BCUT2D eigenvalue weighted by molar-refractivity contribution is 0.0954. The molecule has 0 saturated heterocycles. The van der Waals surface area contributed by atoms with E-state index in [0.29, 0.717) is 12.1 Å². The largest absolute Gasteiger partial charge is 0.352 e. The summed E-state index contributed by atoms with van der Waals surface area (Å²) in [5.74, 6) is -0.0444. The van der Waals surface area contributed by atoms with Gasteiger partial charge in [0, 0.05) is 35.7 Å². The molecule has 19 heavy (non-hydrogen) atoms. The normalized spacial score (nSPS) is 10.2. The third-order valence-corrected chi connectivity index (χ3v) is 3.41. The SMILES string of the molecule is O=C(NCCc1ccccn1)c1ccc(CBr)cc1. The van der Waals surface area contributed by atoms with E-state index in [1.807, 2.05) is 42.5 Å². The van der Waals surface area contributed by atoms with E-state index in [1.54, 1.807) is 6.20 Å². The van der Waals surface area contributed by atoms with E-state index in [2.05, 4.69) is 26.2 Å². The Morgan fingerprint density at radius 1 is 1.16 bits per heavy atom. The average Bonchev–Trinajstić information content (AvgIpc) is 2.48. The summed E-state index contributed by atoms with van der Waals surface area (Å²) < 4.78 is 0. The predicted octanol–water partition coefficient (Wildman–Crippen LogP) is 2.95. The highest BCUT2D eigenvalue weighted by Crippen LogP contribution is 2.07. The fourth-order valence-corrected chi connectivity index (χ4v) is 2.07. The maximum Gasteiger partial charge on any atom is 0.251 e. The molecule has 1 N–H and O–H groups in total. The Kier molecular flexibility index (Phi) is 5.10. The molecule has 1 amide bonds. The number of hydrogen-bond acceptors (Lipinski definition) is 2. The van der Waals surface area contributed by atoms with Gasteiger partial charge in [0.25, 0.3) is 5.91 Å². The van der Waals surface area contributed by atoms with Gasteiger partial charge >= 0.3 is 0 Å². The van der Waals surface area contributed by atoms with Crippen molar-refractivity contribution in [3.8, 4) is 0 Å². The van der Waals surface area contributed by atoms with Crippen molar-refractivity contribution in [3.05, 3.63) is 65.5 Å². The number of aromatic nitrogens is 1. The van der Waals surface area contributed by atoms with Gasteiger partial charge in [-0.25, -0.2) is 0 Å². The molecular formula is C15H15BrN2O. The number of carbonyl (C=O) groups is 1. The quantitative estimate of drug-likeness (QED) is 0.861. The molecule has 1 heterocycles. The van der Waals surface area contributed by atoms with E-state index in [9.17, 15) is 4.79 Å². The van der Waals surface area contributed by atoms with Gasteiger partial charge in [-0.05, 0) is 29.8 Å². The minimum absolute atomic E-state index is 0.0444. The van der Waals surface area contributed by atoms with Crippen molar-refractivity contribution in [3.63, 3.8) is 0 Å². The summed E-state index contributed by atoms with van der Waals surface area (Å²) in [4.78, 5) is 16.1. The second-order valence-corrected chi connectivity index (χ2v) is 4.72. The van der Waals surface area contributed by atoms with E-state index in [4.69, 9.17) is 0 Å². The first-order chi connectivity index (χ1) is 9.29. The number of nitrogens with one attached hydrogen (secondary N) is 1.